The van der Waals surface area contributed by atoms with Crippen molar-refractivity contribution in [3.05, 3.63) is 65.5 Å². The number of anilines is 1. The number of nitrogens with zero attached hydrogens (tertiary/aromatic N) is 3. The lowest BCUT2D eigenvalue weighted by atomic mass is 10.0. The molecule has 0 unspecified atom stereocenters. The molecule has 2 aromatic carbocycles. The number of thioether (sulfide) groups is 1. The van der Waals surface area contributed by atoms with Crippen LogP contribution in [0.15, 0.2) is 53.7 Å². The quantitative estimate of drug-likeness (QED) is 0.671. The zero-order valence-electron chi connectivity index (χ0n) is 16.5. The molecule has 8 heteroatoms. The van der Waals surface area contributed by atoms with Crippen molar-refractivity contribution in [1.82, 2.24) is 14.9 Å². The van der Waals surface area contributed by atoms with Gasteiger partial charge in [0.1, 0.15) is 11.0 Å². The van der Waals surface area contributed by atoms with Gasteiger partial charge in [-0.2, -0.15) is 0 Å². The van der Waals surface area contributed by atoms with Crippen LogP contribution in [0.2, 0.25) is 0 Å². The number of fused-ring (bicyclic) bond motifs is 1. The Morgan fingerprint density at radius 3 is 2.76 bits per heavy atom. The Morgan fingerprint density at radius 2 is 2.03 bits per heavy atom. The molecule has 2 N–H and O–H groups in total. The Labute approximate surface area is 173 Å². The molecule has 150 valence electrons. The van der Waals surface area contributed by atoms with E-state index in [1.807, 2.05) is 36.7 Å². The van der Waals surface area contributed by atoms with Crippen LogP contribution in [-0.4, -0.2) is 33.1 Å². The molecule has 3 aromatic rings. The Bertz CT molecular complexity index is 1020. The molecule has 7 nitrogen and oxygen atoms in total. The van der Waals surface area contributed by atoms with Crippen LogP contribution >= 0.6 is 11.8 Å². The van der Waals surface area contributed by atoms with Crippen LogP contribution in [0, 0.1) is 6.92 Å². The topological polar surface area (TPSA) is 81.1 Å². The highest BCUT2D eigenvalue weighted by atomic mass is 32.2. The van der Waals surface area contributed by atoms with Crippen molar-refractivity contribution in [1.29, 1.82) is 0 Å². The molecule has 29 heavy (non-hydrogen) atoms. The normalized spacial score (nSPS) is 17.9. The van der Waals surface area contributed by atoms with Crippen molar-refractivity contribution in [3.63, 3.8) is 0 Å². The summed E-state index contributed by atoms with van der Waals surface area (Å²) in [6.07, 6.45) is 0.752. The van der Waals surface area contributed by atoms with Gasteiger partial charge in [-0.3, -0.25) is 4.79 Å². The lowest BCUT2D eigenvalue weighted by Gasteiger charge is -2.33. The zero-order chi connectivity index (χ0) is 20.4. The number of benzene rings is 2. The van der Waals surface area contributed by atoms with Crippen molar-refractivity contribution in [3.8, 4) is 5.75 Å². The summed E-state index contributed by atoms with van der Waals surface area (Å²) in [5.74, 6) is 1.43. The predicted molar refractivity (Wildman–Crippen MR) is 114 cm³/mol. The Balaban J connectivity index is 1.65. The Morgan fingerprint density at radius 1 is 1.24 bits per heavy atom. The summed E-state index contributed by atoms with van der Waals surface area (Å²) in [6.45, 7) is 4.08. The second-order valence-electron chi connectivity index (χ2n) is 6.86. The molecule has 1 aliphatic rings. The maximum atomic E-state index is 13.2. The highest BCUT2D eigenvalue weighted by molar-refractivity contribution is 8.00. The highest BCUT2D eigenvalue weighted by Gasteiger charge is 2.37. The first kappa shape index (κ1) is 19.3. The minimum absolute atomic E-state index is 0.103. The smallest absolute Gasteiger partial charge is 0.240 e. The van der Waals surface area contributed by atoms with Crippen LogP contribution in [0.25, 0.3) is 0 Å². The lowest BCUT2D eigenvalue weighted by Crippen LogP contribution is -2.41. The van der Waals surface area contributed by atoms with E-state index in [9.17, 15) is 4.79 Å². The van der Waals surface area contributed by atoms with Gasteiger partial charge in [-0.1, -0.05) is 54.6 Å². The summed E-state index contributed by atoms with van der Waals surface area (Å²) >= 11 is 1.42. The van der Waals surface area contributed by atoms with E-state index in [0.717, 1.165) is 17.8 Å². The number of aryl methyl sites for hydroxylation is 2. The van der Waals surface area contributed by atoms with Gasteiger partial charge in [0.05, 0.1) is 13.2 Å². The van der Waals surface area contributed by atoms with Crippen LogP contribution in [0.3, 0.4) is 0 Å². The van der Waals surface area contributed by atoms with E-state index in [2.05, 4.69) is 45.2 Å². The van der Waals surface area contributed by atoms with Gasteiger partial charge in [-0.25, -0.2) is 4.68 Å². The minimum Gasteiger partial charge on any atom is -0.497 e. The fourth-order valence-electron chi connectivity index (χ4n) is 3.27. The third-order valence-corrected chi connectivity index (χ3v) is 6.07. The number of rotatable bonds is 5. The van der Waals surface area contributed by atoms with Gasteiger partial charge in [0, 0.05) is 18.2 Å². The maximum Gasteiger partial charge on any atom is 0.240 e. The van der Waals surface area contributed by atoms with Crippen LogP contribution in [0.4, 0.5) is 5.69 Å². The zero-order valence-corrected chi connectivity index (χ0v) is 17.4. The molecular weight excluding hydrogens is 386 g/mol. The summed E-state index contributed by atoms with van der Waals surface area (Å²) in [7, 11) is 1.60. The molecule has 4 rings (SSSR count). The highest BCUT2D eigenvalue weighted by Crippen LogP contribution is 2.37. The van der Waals surface area contributed by atoms with E-state index in [0.29, 0.717) is 16.6 Å². The van der Waals surface area contributed by atoms with Gasteiger partial charge >= 0.3 is 0 Å². The standard InChI is InChI=1S/C21H23N5O2S/c1-4-17-23-24-21-26(17)25-18(14-10-8-13(2)9-11-14)19(29-21)20(27)22-15-6-5-7-16(12-15)28-3/h5-12,18-19,25H,4H2,1-3H3,(H,22,27)/t18-,19+/m1/s1. The largest absolute Gasteiger partial charge is 0.497 e. The van der Waals surface area contributed by atoms with Crippen molar-refractivity contribution in [2.24, 2.45) is 0 Å². The molecule has 1 amide bonds. The molecule has 0 fully saturated rings. The van der Waals surface area contributed by atoms with Crippen LogP contribution < -0.4 is 15.5 Å². The summed E-state index contributed by atoms with van der Waals surface area (Å²) < 4.78 is 7.15. The third kappa shape index (κ3) is 3.93. The van der Waals surface area contributed by atoms with Gasteiger partial charge in [-0.05, 0) is 24.6 Å². The summed E-state index contributed by atoms with van der Waals surface area (Å²) in [5, 5.41) is 11.8. The van der Waals surface area contributed by atoms with E-state index < -0.39 is 5.25 Å². The predicted octanol–water partition coefficient (Wildman–Crippen LogP) is 3.56. The Kier molecular flexibility index (Phi) is 5.44. The number of ether oxygens (including phenoxy) is 1. The number of carbonyl (C=O) groups excluding carboxylic acids is 1. The van der Waals surface area contributed by atoms with Gasteiger partial charge in [0.15, 0.2) is 5.82 Å². The maximum absolute atomic E-state index is 13.2. The monoisotopic (exact) mass is 409 g/mol. The average Bonchev–Trinajstić information content (AvgIpc) is 3.15. The molecule has 2 heterocycles. The fourth-order valence-corrected chi connectivity index (χ4v) is 4.36. The Hall–Kier alpha value is -3.00. The van der Waals surface area contributed by atoms with Gasteiger partial charge in [0.25, 0.3) is 0 Å². The number of methoxy groups -OCH3 is 1. The third-order valence-electron chi connectivity index (χ3n) is 4.85. The first-order valence-electron chi connectivity index (χ1n) is 9.48. The molecule has 1 aromatic heterocycles. The van der Waals surface area contributed by atoms with Crippen molar-refractivity contribution in [2.75, 3.05) is 17.9 Å². The summed E-state index contributed by atoms with van der Waals surface area (Å²) in [4.78, 5) is 13.2. The first-order chi connectivity index (χ1) is 14.1. The molecule has 2 atom stereocenters. The molecular formula is C21H23N5O2S. The van der Waals surface area contributed by atoms with E-state index in [1.165, 1.54) is 17.3 Å². The van der Waals surface area contributed by atoms with Gasteiger partial charge in [0.2, 0.25) is 11.1 Å². The number of hydrogen-bond acceptors (Lipinski definition) is 6. The van der Waals surface area contributed by atoms with Crippen molar-refractivity contribution < 1.29 is 9.53 Å². The molecule has 0 saturated heterocycles. The van der Waals surface area contributed by atoms with Crippen molar-refractivity contribution in [2.45, 2.75) is 36.7 Å². The van der Waals surface area contributed by atoms with Gasteiger partial charge < -0.3 is 15.5 Å². The molecule has 0 spiro atoms. The van der Waals surface area contributed by atoms with Crippen LogP contribution in [0.5, 0.6) is 5.75 Å². The minimum atomic E-state index is -0.412. The second-order valence-corrected chi connectivity index (χ2v) is 7.97. The first-order valence-corrected chi connectivity index (χ1v) is 10.4. The molecule has 1 aliphatic heterocycles. The number of aromatic nitrogens is 3. The van der Waals surface area contributed by atoms with E-state index in [-0.39, 0.29) is 11.9 Å². The lowest BCUT2D eigenvalue weighted by molar-refractivity contribution is -0.116. The molecule has 0 saturated carbocycles. The molecule has 0 bridgehead atoms. The fraction of sp³-hybridized carbons (Fsp3) is 0.286. The number of carbonyl (C=O) groups is 1. The molecule has 0 aliphatic carbocycles. The van der Waals surface area contributed by atoms with Crippen LogP contribution in [-0.2, 0) is 11.2 Å². The van der Waals surface area contributed by atoms with Crippen molar-refractivity contribution >= 4 is 23.4 Å². The van der Waals surface area contributed by atoms with Gasteiger partial charge in [-0.15, -0.1) is 10.2 Å². The summed E-state index contributed by atoms with van der Waals surface area (Å²) in [5.41, 5.74) is 6.36. The summed E-state index contributed by atoms with van der Waals surface area (Å²) in [6, 6.07) is 15.3. The molecule has 0 radical (unpaired) electrons. The number of amides is 1. The van der Waals surface area contributed by atoms with E-state index >= 15 is 0 Å². The van der Waals surface area contributed by atoms with Crippen LogP contribution in [0.1, 0.15) is 29.9 Å². The van der Waals surface area contributed by atoms with E-state index in [1.54, 1.807) is 13.2 Å². The van der Waals surface area contributed by atoms with E-state index in [4.69, 9.17) is 4.74 Å². The average molecular weight is 410 g/mol. The SMILES string of the molecule is CCc1nnc2n1N[C@H](c1ccc(C)cc1)[C@@H](C(=O)Nc1cccc(OC)c1)S2. The second kappa shape index (κ2) is 8.16. The number of hydrogen-bond donors (Lipinski definition) is 2. The number of nitrogens with one attached hydrogen (secondary N) is 2.